The normalized spacial score (nSPS) is 15.8. The number of morpholine rings is 1. The van der Waals surface area contributed by atoms with Gasteiger partial charge in [0, 0.05) is 31.2 Å². The smallest absolute Gasteiger partial charge is 0.336 e. The summed E-state index contributed by atoms with van der Waals surface area (Å²) < 4.78 is 11.1. The Morgan fingerprint density at radius 2 is 2.14 bits per heavy atom. The summed E-state index contributed by atoms with van der Waals surface area (Å²) in [6, 6.07) is 6.85. The van der Waals surface area contributed by atoms with Crippen LogP contribution >= 0.6 is 0 Å². The van der Waals surface area contributed by atoms with E-state index in [0.717, 1.165) is 32.8 Å². The zero-order valence-corrected chi connectivity index (χ0v) is 12.2. The first-order valence-corrected chi connectivity index (χ1v) is 7.29. The average molecular weight is 302 g/mol. The van der Waals surface area contributed by atoms with Crippen LogP contribution in [0.25, 0.3) is 10.9 Å². The fourth-order valence-corrected chi connectivity index (χ4v) is 2.52. The molecule has 1 N–H and O–H groups in total. The predicted octanol–water partition coefficient (Wildman–Crippen LogP) is 1.64. The van der Waals surface area contributed by atoms with E-state index in [1.54, 1.807) is 12.1 Å². The highest BCUT2D eigenvalue weighted by molar-refractivity contribution is 6.02. The quantitative estimate of drug-likeness (QED) is 0.905. The third-order valence-electron chi connectivity index (χ3n) is 3.72. The Labute approximate surface area is 128 Å². The number of fused-ring (bicyclic) bond motifs is 1. The second-order valence-corrected chi connectivity index (χ2v) is 5.15. The topological polar surface area (TPSA) is 71.9 Å². The second-order valence-electron chi connectivity index (χ2n) is 5.15. The number of benzene rings is 1. The lowest BCUT2D eigenvalue weighted by atomic mass is 10.1. The van der Waals surface area contributed by atoms with Crippen molar-refractivity contribution in [2.45, 2.75) is 0 Å². The first-order chi connectivity index (χ1) is 10.7. The average Bonchev–Trinajstić information content (AvgIpc) is 2.55. The summed E-state index contributed by atoms with van der Waals surface area (Å²) in [6.07, 6.45) is 1.50. The zero-order chi connectivity index (χ0) is 15.4. The van der Waals surface area contributed by atoms with Gasteiger partial charge in [0.15, 0.2) is 0 Å². The van der Waals surface area contributed by atoms with E-state index in [0.29, 0.717) is 23.3 Å². The van der Waals surface area contributed by atoms with Crippen LogP contribution in [0.5, 0.6) is 5.75 Å². The van der Waals surface area contributed by atoms with Gasteiger partial charge in [-0.25, -0.2) is 4.79 Å². The molecular formula is C16H18N2O4. The Morgan fingerprint density at radius 3 is 2.91 bits per heavy atom. The van der Waals surface area contributed by atoms with E-state index >= 15 is 0 Å². The molecule has 1 aliphatic heterocycles. The van der Waals surface area contributed by atoms with Gasteiger partial charge in [-0.15, -0.1) is 0 Å². The maximum absolute atomic E-state index is 11.3. The van der Waals surface area contributed by atoms with Gasteiger partial charge in [0.05, 0.1) is 24.3 Å². The van der Waals surface area contributed by atoms with Crippen molar-refractivity contribution in [1.29, 1.82) is 0 Å². The van der Waals surface area contributed by atoms with E-state index in [9.17, 15) is 9.90 Å². The number of carbonyl (C=O) groups is 1. The van der Waals surface area contributed by atoms with E-state index < -0.39 is 5.97 Å². The molecule has 2 heterocycles. The maximum Gasteiger partial charge on any atom is 0.336 e. The molecule has 3 rings (SSSR count). The van der Waals surface area contributed by atoms with Gasteiger partial charge in [0.1, 0.15) is 12.4 Å². The molecule has 1 aromatic heterocycles. The number of hydrogen-bond acceptors (Lipinski definition) is 5. The van der Waals surface area contributed by atoms with Crippen LogP contribution in [0.3, 0.4) is 0 Å². The number of hydrogen-bond donors (Lipinski definition) is 1. The Balaban J connectivity index is 1.68. The van der Waals surface area contributed by atoms with Crippen molar-refractivity contribution >= 4 is 16.9 Å². The van der Waals surface area contributed by atoms with E-state index in [4.69, 9.17) is 9.47 Å². The maximum atomic E-state index is 11.3. The van der Waals surface area contributed by atoms with Crippen molar-refractivity contribution in [3.63, 3.8) is 0 Å². The number of aromatic carboxylic acids is 1. The number of carboxylic acids is 1. The van der Waals surface area contributed by atoms with Crippen LogP contribution < -0.4 is 4.74 Å². The van der Waals surface area contributed by atoms with Crippen LogP contribution in [0.15, 0.2) is 30.5 Å². The summed E-state index contributed by atoms with van der Waals surface area (Å²) in [5.74, 6) is -0.297. The molecular weight excluding hydrogens is 284 g/mol. The lowest BCUT2D eigenvalue weighted by Gasteiger charge is -2.26. The summed E-state index contributed by atoms with van der Waals surface area (Å²) in [6.45, 7) is 4.78. The number of carboxylic acid groups (broad SMARTS) is 1. The van der Waals surface area contributed by atoms with E-state index in [1.807, 2.05) is 6.07 Å². The minimum atomic E-state index is -0.960. The lowest BCUT2D eigenvalue weighted by Crippen LogP contribution is -2.38. The fourth-order valence-electron chi connectivity index (χ4n) is 2.52. The first-order valence-electron chi connectivity index (χ1n) is 7.29. The molecule has 0 spiro atoms. The minimum Gasteiger partial charge on any atom is -0.492 e. The van der Waals surface area contributed by atoms with Crippen molar-refractivity contribution in [3.8, 4) is 5.75 Å². The molecule has 2 aromatic rings. The van der Waals surface area contributed by atoms with Gasteiger partial charge in [0.25, 0.3) is 0 Å². The van der Waals surface area contributed by atoms with Crippen LogP contribution in [0.1, 0.15) is 10.4 Å². The predicted molar refractivity (Wildman–Crippen MR) is 81.5 cm³/mol. The molecule has 1 aromatic carbocycles. The fraction of sp³-hybridized carbons (Fsp3) is 0.375. The first kappa shape index (κ1) is 14.7. The number of rotatable bonds is 5. The molecule has 1 fully saturated rings. The minimum absolute atomic E-state index is 0.239. The van der Waals surface area contributed by atoms with Gasteiger partial charge < -0.3 is 14.6 Å². The Morgan fingerprint density at radius 1 is 1.32 bits per heavy atom. The van der Waals surface area contributed by atoms with E-state index in [1.165, 1.54) is 12.3 Å². The lowest BCUT2D eigenvalue weighted by molar-refractivity contribution is 0.0322. The molecule has 0 amide bonds. The van der Waals surface area contributed by atoms with Gasteiger partial charge in [-0.2, -0.15) is 0 Å². The van der Waals surface area contributed by atoms with Gasteiger partial charge in [0.2, 0.25) is 0 Å². The molecule has 6 nitrogen and oxygen atoms in total. The molecule has 0 radical (unpaired) electrons. The summed E-state index contributed by atoms with van der Waals surface area (Å²) in [5, 5.41) is 9.83. The van der Waals surface area contributed by atoms with Crippen molar-refractivity contribution in [2.24, 2.45) is 0 Å². The molecule has 22 heavy (non-hydrogen) atoms. The molecule has 0 saturated carbocycles. The Hall–Kier alpha value is -2.18. The highest BCUT2D eigenvalue weighted by Gasteiger charge is 2.11. The van der Waals surface area contributed by atoms with Crippen LogP contribution in [0.2, 0.25) is 0 Å². The number of ether oxygens (including phenoxy) is 2. The second kappa shape index (κ2) is 6.72. The molecule has 1 saturated heterocycles. The van der Waals surface area contributed by atoms with Crippen LogP contribution in [0, 0.1) is 0 Å². The highest BCUT2D eigenvalue weighted by atomic mass is 16.5. The van der Waals surface area contributed by atoms with Crippen molar-refractivity contribution in [1.82, 2.24) is 9.88 Å². The molecule has 0 atom stereocenters. The molecule has 0 unspecified atom stereocenters. The molecule has 1 aliphatic rings. The molecule has 0 bridgehead atoms. The summed E-state index contributed by atoms with van der Waals surface area (Å²) in [7, 11) is 0. The van der Waals surface area contributed by atoms with Crippen LogP contribution in [0.4, 0.5) is 0 Å². The van der Waals surface area contributed by atoms with Crippen LogP contribution in [-0.4, -0.2) is 60.4 Å². The summed E-state index contributed by atoms with van der Waals surface area (Å²) >= 11 is 0. The standard InChI is InChI=1S/C16H18N2O4/c19-16(20)13-3-4-17-15-2-1-12(11-14(13)15)22-10-7-18-5-8-21-9-6-18/h1-4,11H,5-10H2,(H,19,20). The van der Waals surface area contributed by atoms with Gasteiger partial charge >= 0.3 is 5.97 Å². The van der Waals surface area contributed by atoms with Crippen molar-refractivity contribution < 1.29 is 19.4 Å². The summed E-state index contributed by atoms with van der Waals surface area (Å²) in [5.41, 5.74) is 0.893. The van der Waals surface area contributed by atoms with E-state index in [2.05, 4.69) is 9.88 Å². The number of aromatic nitrogens is 1. The Bertz CT molecular complexity index is 668. The SMILES string of the molecule is O=C(O)c1ccnc2ccc(OCCN3CCOCC3)cc12. The third-order valence-corrected chi connectivity index (χ3v) is 3.72. The van der Waals surface area contributed by atoms with Gasteiger partial charge in [-0.3, -0.25) is 9.88 Å². The van der Waals surface area contributed by atoms with Gasteiger partial charge in [-0.1, -0.05) is 0 Å². The van der Waals surface area contributed by atoms with Crippen molar-refractivity contribution in [3.05, 3.63) is 36.0 Å². The Kier molecular flexibility index (Phi) is 4.50. The molecule has 116 valence electrons. The molecule has 6 heteroatoms. The highest BCUT2D eigenvalue weighted by Crippen LogP contribution is 2.22. The third kappa shape index (κ3) is 3.35. The van der Waals surface area contributed by atoms with E-state index in [-0.39, 0.29) is 5.56 Å². The number of pyridine rings is 1. The molecule has 0 aliphatic carbocycles. The van der Waals surface area contributed by atoms with Crippen molar-refractivity contribution in [2.75, 3.05) is 39.5 Å². The summed E-state index contributed by atoms with van der Waals surface area (Å²) in [4.78, 5) is 17.7. The number of nitrogens with zero attached hydrogens (tertiary/aromatic N) is 2. The zero-order valence-electron chi connectivity index (χ0n) is 12.2. The van der Waals surface area contributed by atoms with Gasteiger partial charge in [-0.05, 0) is 24.3 Å². The largest absolute Gasteiger partial charge is 0.492 e. The monoisotopic (exact) mass is 302 g/mol. The van der Waals surface area contributed by atoms with Crippen LogP contribution in [-0.2, 0) is 4.74 Å².